The molecular formula is C14H18N4OS3. The molecule has 1 fully saturated rings. The van der Waals surface area contributed by atoms with Crippen molar-refractivity contribution >= 4 is 45.5 Å². The SMILES string of the molecule is Cc1csc(C(=O)Nc2nnc(SCCN3CCCC3)s2)c1. The number of carbonyl (C=O) groups is 1. The molecule has 118 valence electrons. The van der Waals surface area contributed by atoms with Crippen LogP contribution in [0.3, 0.4) is 0 Å². The lowest BCUT2D eigenvalue weighted by Crippen LogP contribution is -2.21. The van der Waals surface area contributed by atoms with Crippen LogP contribution in [-0.4, -0.2) is 46.4 Å². The second kappa shape index (κ2) is 7.54. The first-order valence-electron chi connectivity index (χ1n) is 7.26. The zero-order valence-corrected chi connectivity index (χ0v) is 14.8. The standard InChI is InChI=1S/C14H18N4OS3/c1-10-8-11(21-9-10)12(19)15-13-16-17-14(22-13)20-7-6-18-4-2-3-5-18/h8-9H,2-7H2,1H3,(H,15,16,19). The highest BCUT2D eigenvalue weighted by molar-refractivity contribution is 8.01. The topological polar surface area (TPSA) is 58.1 Å². The number of aryl methyl sites for hydroxylation is 1. The van der Waals surface area contributed by atoms with Crippen LogP contribution in [0, 0.1) is 6.92 Å². The van der Waals surface area contributed by atoms with Gasteiger partial charge in [0.25, 0.3) is 5.91 Å². The van der Waals surface area contributed by atoms with E-state index in [1.165, 1.54) is 48.6 Å². The highest BCUT2D eigenvalue weighted by Crippen LogP contribution is 2.26. The summed E-state index contributed by atoms with van der Waals surface area (Å²) in [5.41, 5.74) is 1.10. The van der Waals surface area contributed by atoms with Crippen LogP contribution in [0.5, 0.6) is 0 Å². The molecule has 1 saturated heterocycles. The summed E-state index contributed by atoms with van der Waals surface area (Å²) in [5, 5.41) is 13.5. The number of aromatic nitrogens is 2. The molecular weight excluding hydrogens is 336 g/mol. The molecule has 0 atom stereocenters. The summed E-state index contributed by atoms with van der Waals surface area (Å²) >= 11 is 4.60. The van der Waals surface area contributed by atoms with Gasteiger partial charge in [-0.05, 0) is 49.9 Å². The van der Waals surface area contributed by atoms with Crippen LogP contribution < -0.4 is 5.32 Å². The van der Waals surface area contributed by atoms with Gasteiger partial charge in [0.05, 0.1) is 4.88 Å². The second-order valence-corrected chi connectivity index (χ2v) is 8.44. The van der Waals surface area contributed by atoms with E-state index in [0.717, 1.165) is 22.2 Å². The molecule has 0 saturated carbocycles. The van der Waals surface area contributed by atoms with Crippen LogP contribution in [0.2, 0.25) is 0 Å². The number of nitrogens with zero attached hydrogens (tertiary/aromatic N) is 3. The van der Waals surface area contributed by atoms with Crippen LogP contribution in [0.15, 0.2) is 15.8 Å². The molecule has 3 rings (SSSR count). The second-order valence-electron chi connectivity index (χ2n) is 5.21. The Morgan fingerprint density at radius 1 is 1.41 bits per heavy atom. The van der Waals surface area contributed by atoms with Crippen molar-refractivity contribution in [1.82, 2.24) is 15.1 Å². The molecule has 5 nitrogen and oxygen atoms in total. The molecule has 2 aromatic heterocycles. The lowest BCUT2D eigenvalue weighted by atomic mass is 10.3. The molecule has 0 unspecified atom stereocenters. The van der Waals surface area contributed by atoms with Crippen molar-refractivity contribution < 1.29 is 4.79 Å². The third-order valence-corrected chi connectivity index (χ3v) is 6.41. The van der Waals surface area contributed by atoms with Crippen LogP contribution in [-0.2, 0) is 0 Å². The minimum Gasteiger partial charge on any atom is -0.303 e. The maximum Gasteiger partial charge on any atom is 0.267 e. The Kier molecular flexibility index (Phi) is 5.46. The predicted octanol–water partition coefficient (Wildman–Crippen LogP) is 3.35. The fourth-order valence-corrected chi connectivity index (χ4v) is 4.91. The minimum absolute atomic E-state index is 0.108. The molecule has 0 radical (unpaired) electrons. The molecule has 3 heterocycles. The fraction of sp³-hybridized carbons (Fsp3) is 0.500. The number of thiophene rings is 1. The number of rotatable bonds is 6. The van der Waals surface area contributed by atoms with Crippen LogP contribution in [0.1, 0.15) is 28.1 Å². The normalized spacial score (nSPS) is 15.3. The van der Waals surface area contributed by atoms with E-state index in [1.54, 1.807) is 11.8 Å². The molecule has 8 heteroatoms. The van der Waals surface area contributed by atoms with Gasteiger partial charge >= 0.3 is 0 Å². The summed E-state index contributed by atoms with van der Waals surface area (Å²) in [4.78, 5) is 15.2. The molecule has 2 aromatic rings. The van der Waals surface area contributed by atoms with Gasteiger partial charge in [0, 0.05) is 12.3 Å². The monoisotopic (exact) mass is 354 g/mol. The van der Waals surface area contributed by atoms with Gasteiger partial charge in [-0.1, -0.05) is 23.1 Å². The van der Waals surface area contributed by atoms with Crippen molar-refractivity contribution in [1.29, 1.82) is 0 Å². The first-order valence-corrected chi connectivity index (χ1v) is 9.94. The smallest absolute Gasteiger partial charge is 0.267 e. The number of amides is 1. The minimum atomic E-state index is -0.108. The number of likely N-dealkylation sites (tertiary alicyclic amines) is 1. The summed E-state index contributed by atoms with van der Waals surface area (Å²) in [6, 6.07) is 1.88. The molecule has 0 spiro atoms. The van der Waals surface area contributed by atoms with E-state index in [9.17, 15) is 4.79 Å². The quantitative estimate of drug-likeness (QED) is 0.637. The number of hydrogen-bond donors (Lipinski definition) is 1. The van der Waals surface area contributed by atoms with Crippen LogP contribution in [0.25, 0.3) is 0 Å². The number of thioether (sulfide) groups is 1. The number of anilines is 1. The van der Waals surface area contributed by atoms with E-state index in [1.807, 2.05) is 18.4 Å². The van der Waals surface area contributed by atoms with E-state index in [0.29, 0.717) is 10.0 Å². The fourth-order valence-electron chi connectivity index (χ4n) is 2.30. The molecule has 1 amide bonds. The van der Waals surface area contributed by atoms with Gasteiger partial charge in [-0.25, -0.2) is 0 Å². The van der Waals surface area contributed by atoms with Crippen molar-refractivity contribution in [2.75, 3.05) is 30.7 Å². The molecule has 0 aromatic carbocycles. The maximum absolute atomic E-state index is 12.0. The Morgan fingerprint density at radius 2 is 2.23 bits per heavy atom. The van der Waals surface area contributed by atoms with Gasteiger partial charge in [-0.3, -0.25) is 10.1 Å². The van der Waals surface area contributed by atoms with Crippen molar-refractivity contribution in [3.8, 4) is 0 Å². The van der Waals surface area contributed by atoms with Gasteiger partial charge in [-0.2, -0.15) is 0 Å². The van der Waals surface area contributed by atoms with E-state index in [-0.39, 0.29) is 5.91 Å². The molecule has 1 aliphatic rings. The number of carbonyl (C=O) groups excluding carboxylic acids is 1. The Bertz CT molecular complexity index is 634. The largest absolute Gasteiger partial charge is 0.303 e. The molecule has 1 N–H and O–H groups in total. The van der Waals surface area contributed by atoms with Gasteiger partial charge < -0.3 is 4.90 Å². The summed E-state index contributed by atoms with van der Waals surface area (Å²) in [6.07, 6.45) is 2.64. The summed E-state index contributed by atoms with van der Waals surface area (Å²) in [5.74, 6) is 0.912. The third-order valence-electron chi connectivity index (χ3n) is 3.41. The lowest BCUT2D eigenvalue weighted by molar-refractivity contribution is 0.103. The van der Waals surface area contributed by atoms with Gasteiger partial charge in [0.15, 0.2) is 4.34 Å². The predicted molar refractivity (Wildman–Crippen MR) is 93.3 cm³/mol. The van der Waals surface area contributed by atoms with Gasteiger partial charge in [0.2, 0.25) is 5.13 Å². The molecule has 22 heavy (non-hydrogen) atoms. The van der Waals surface area contributed by atoms with E-state index >= 15 is 0 Å². The average Bonchev–Trinajstić information content (AvgIpc) is 3.21. The zero-order valence-electron chi connectivity index (χ0n) is 12.4. The maximum atomic E-state index is 12.0. The van der Waals surface area contributed by atoms with Crippen LogP contribution >= 0.6 is 34.4 Å². The van der Waals surface area contributed by atoms with Crippen molar-refractivity contribution in [3.05, 3.63) is 21.9 Å². The number of nitrogens with one attached hydrogen (secondary N) is 1. The first kappa shape index (κ1) is 15.9. The zero-order chi connectivity index (χ0) is 15.4. The Balaban J connectivity index is 1.47. The highest BCUT2D eigenvalue weighted by Gasteiger charge is 2.13. The molecule has 0 aliphatic carbocycles. The van der Waals surface area contributed by atoms with Gasteiger partial charge in [-0.15, -0.1) is 21.5 Å². The third kappa shape index (κ3) is 4.28. The Labute approximate surface area is 142 Å². The summed E-state index contributed by atoms with van der Waals surface area (Å²) in [7, 11) is 0. The van der Waals surface area contributed by atoms with Crippen molar-refractivity contribution in [3.63, 3.8) is 0 Å². The van der Waals surface area contributed by atoms with E-state index in [2.05, 4.69) is 20.4 Å². The Morgan fingerprint density at radius 3 is 2.95 bits per heavy atom. The van der Waals surface area contributed by atoms with Crippen molar-refractivity contribution in [2.24, 2.45) is 0 Å². The molecule has 0 bridgehead atoms. The average molecular weight is 355 g/mol. The lowest BCUT2D eigenvalue weighted by Gasteiger charge is -2.12. The first-order chi connectivity index (χ1) is 10.7. The van der Waals surface area contributed by atoms with Crippen molar-refractivity contribution in [2.45, 2.75) is 24.1 Å². The highest BCUT2D eigenvalue weighted by atomic mass is 32.2. The number of hydrogen-bond acceptors (Lipinski definition) is 7. The summed E-state index contributed by atoms with van der Waals surface area (Å²) in [6.45, 7) is 5.52. The van der Waals surface area contributed by atoms with Gasteiger partial charge in [0.1, 0.15) is 0 Å². The van der Waals surface area contributed by atoms with E-state index < -0.39 is 0 Å². The molecule has 1 aliphatic heterocycles. The Hall–Kier alpha value is -0.960. The van der Waals surface area contributed by atoms with E-state index in [4.69, 9.17) is 0 Å². The summed E-state index contributed by atoms with van der Waals surface area (Å²) < 4.78 is 0.914. The van der Waals surface area contributed by atoms with Crippen LogP contribution in [0.4, 0.5) is 5.13 Å².